The number of aromatic amines is 2. The van der Waals surface area contributed by atoms with Crippen LogP contribution in [0.25, 0.3) is 0 Å². The predicted molar refractivity (Wildman–Crippen MR) is 89.5 cm³/mol. The largest absolute Gasteiger partial charge is 0.465 e. The number of carbonyl (C=O) groups excluding carboxylic acids is 2. The number of hydrogen-bond acceptors (Lipinski definition) is 6. The highest BCUT2D eigenvalue weighted by Crippen LogP contribution is 2.07. The van der Waals surface area contributed by atoms with E-state index in [9.17, 15) is 14.4 Å². The van der Waals surface area contributed by atoms with Crippen molar-refractivity contribution in [1.29, 1.82) is 0 Å². The molecule has 0 aliphatic carbocycles. The summed E-state index contributed by atoms with van der Waals surface area (Å²) >= 11 is 4.83. The fourth-order valence-electron chi connectivity index (χ4n) is 1.91. The highest BCUT2D eigenvalue weighted by Gasteiger charge is 2.09. The van der Waals surface area contributed by atoms with E-state index in [0.29, 0.717) is 16.8 Å². The smallest absolute Gasteiger partial charge is 0.338 e. The van der Waals surface area contributed by atoms with E-state index in [4.69, 9.17) is 12.2 Å². The van der Waals surface area contributed by atoms with Crippen LogP contribution in [0, 0.1) is 4.77 Å². The highest BCUT2D eigenvalue weighted by atomic mass is 32.1. The third kappa shape index (κ3) is 4.71. The number of methoxy groups -OCH3 is 1. The molecule has 3 N–H and O–H groups in total. The Morgan fingerprint density at radius 2 is 2.08 bits per heavy atom. The summed E-state index contributed by atoms with van der Waals surface area (Å²) in [7, 11) is 1.28. The maximum absolute atomic E-state index is 11.8. The molecule has 2 rings (SSSR count). The van der Waals surface area contributed by atoms with Crippen LogP contribution in [0.3, 0.4) is 0 Å². The average molecular weight is 346 g/mol. The molecule has 0 fully saturated rings. The lowest BCUT2D eigenvalue weighted by Crippen LogP contribution is -2.22. The van der Waals surface area contributed by atoms with Crippen molar-refractivity contribution in [2.24, 2.45) is 5.10 Å². The number of H-pyrrole nitrogens is 2. The van der Waals surface area contributed by atoms with E-state index in [0.717, 1.165) is 0 Å². The number of hydrogen-bond donors (Lipinski definition) is 3. The van der Waals surface area contributed by atoms with E-state index < -0.39 is 17.4 Å². The number of nitrogens with zero attached hydrogens (tertiary/aromatic N) is 1. The second kappa shape index (κ2) is 7.97. The molecule has 1 heterocycles. The van der Waals surface area contributed by atoms with E-state index in [1.165, 1.54) is 19.4 Å². The molecule has 0 saturated carbocycles. The Bertz CT molecular complexity index is 872. The molecule has 0 aliphatic rings. The van der Waals surface area contributed by atoms with E-state index in [-0.39, 0.29) is 11.2 Å². The van der Waals surface area contributed by atoms with E-state index in [1.54, 1.807) is 24.3 Å². The van der Waals surface area contributed by atoms with Crippen molar-refractivity contribution in [2.75, 3.05) is 7.11 Å². The minimum atomic E-state index is -0.500. The number of hydrazone groups is 1. The molecule has 8 nitrogen and oxygen atoms in total. The Labute approximate surface area is 141 Å². The lowest BCUT2D eigenvalue weighted by molar-refractivity contribution is -0.120. The molecule has 9 heteroatoms. The maximum atomic E-state index is 11.8. The molecule has 1 aromatic heterocycles. The first-order chi connectivity index (χ1) is 11.5. The number of ether oxygens (including phenoxy) is 1. The molecule has 124 valence electrons. The van der Waals surface area contributed by atoms with Crippen molar-refractivity contribution in [2.45, 2.75) is 6.42 Å². The van der Waals surface area contributed by atoms with Crippen molar-refractivity contribution < 1.29 is 14.3 Å². The molecular weight excluding hydrogens is 332 g/mol. The average Bonchev–Trinajstić information content (AvgIpc) is 2.53. The monoisotopic (exact) mass is 346 g/mol. The van der Waals surface area contributed by atoms with Crippen molar-refractivity contribution in [3.8, 4) is 0 Å². The van der Waals surface area contributed by atoms with Crippen LogP contribution in [0.2, 0.25) is 0 Å². The normalized spacial score (nSPS) is 10.5. The van der Waals surface area contributed by atoms with Gasteiger partial charge in [-0.2, -0.15) is 5.10 Å². The van der Waals surface area contributed by atoms with Crippen LogP contribution in [-0.2, 0) is 16.0 Å². The van der Waals surface area contributed by atoms with Gasteiger partial charge in [0, 0.05) is 17.3 Å². The van der Waals surface area contributed by atoms with Gasteiger partial charge < -0.3 is 9.72 Å². The van der Waals surface area contributed by atoms with Gasteiger partial charge in [0.25, 0.3) is 5.56 Å². The molecule has 0 radical (unpaired) electrons. The Morgan fingerprint density at radius 1 is 1.33 bits per heavy atom. The minimum absolute atomic E-state index is 0.0937. The van der Waals surface area contributed by atoms with Gasteiger partial charge in [0.2, 0.25) is 5.91 Å². The first-order valence-corrected chi connectivity index (χ1v) is 7.22. The van der Waals surface area contributed by atoms with Crippen LogP contribution in [0.15, 0.2) is 40.2 Å². The van der Waals surface area contributed by atoms with Crippen molar-refractivity contribution in [1.82, 2.24) is 15.4 Å². The van der Waals surface area contributed by atoms with Crippen LogP contribution in [0.5, 0.6) is 0 Å². The van der Waals surface area contributed by atoms with Gasteiger partial charge in [-0.05, 0) is 18.3 Å². The Balaban J connectivity index is 2.04. The van der Waals surface area contributed by atoms with Crippen molar-refractivity contribution in [3.63, 3.8) is 0 Å². The van der Waals surface area contributed by atoms with Gasteiger partial charge in [-0.25, -0.2) is 10.2 Å². The van der Waals surface area contributed by atoms with Crippen LogP contribution in [-0.4, -0.2) is 35.2 Å². The number of carbonyl (C=O) groups is 2. The molecule has 0 bridgehead atoms. The Morgan fingerprint density at radius 3 is 2.79 bits per heavy atom. The summed E-state index contributed by atoms with van der Waals surface area (Å²) in [6, 6.07) is 7.91. The van der Waals surface area contributed by atoms with E-state index in [2.05, 4.69) is 25.2 Å². The molecule has 0 saturated heterocycles. The molecule has 0 atom stereocenters. The topological polar surface area (TPSA) is 116 Å². The lowest BCUT2D eigenvalue weighted by Gasteiger charge is -2.03. The maximum Gasteiger partial charge on any atom is 0.338 e. The highest BCUT2D eigenvalue weighted by molar-refractivity contribution is 7.71. The number of rotatable bonds is 5. The molecule has 0 spiro atoms. The molecular formula is C15H14N4O4S. The van der Waals surface area contributed by atoms with Gasteiger partial charge >= 0.3 is 5.97 Å². The number of esters is 1. The minimum Gasteiger partial charge on any atom is -0.465 e. The third-order valence-corrected chi connectivity index (χ3v) is 3.13. The standard InChI is InChI=1S/C15H14N4O4S/c1-23-14(22)11-5-3-2-4-9(11)8-16-19-13(21)7-10-6-12(20)18-15(24)17-10/h2-6,8H,7H2,1H3,(H,19,21)(H2,17,18,20,24)/b16-8-. The van der Waals surface area contributed by atoms with E-state index in [1.807, 2.05) is 0 Å². The number of aromatic nitrogens is 2. The molecule has 1 aromatic carbocycles. The van der Waals surface area contributed by atoms with Crippen LogP contribution >= 0.6 is 12.2 Å². The fraction of sp³-hybridized carbons (Fsp3) is 0.133. The zero-order chi connectivity index (χ0) is 17.5. The Hall–Kier alpha value is -3.07. The van der Waals surface area contributed by atoms with Crippen molar-refractivity contribution in [3.05, 3.63) is 62.3 Å². The summed E-state index contributed by atoms with van der Waals surface area (Å²) in [6.07, 6.45) is 1.24. The van der Waals surface area contributed by atoms with E-state index >= 15 is 0 Å². The van der Waals surface area contributed by atoms with Gasteiger partial charge in [-0.3, -0.25) is 14.6 Å². The molecule has 0 aliphatic heterocycles. The fourth-order valence-corrected chi connectivity index (χ4v) is 2.14. The molecule has 2 aromatic rings. The van der Waals surface area contributed by atoms with Crippen LogP contribution in [0.4, 0.5) is 0 Å². The first kappa shape index (κ1) is 17.3. The summed E-state index contributed by atoms with van der Waals surface area (Å²) in [6.45, 7) is 0. The van der Waals surface area contributed by atoms with Gasteiger partial charge in [-0.1, -0.05) is 18.2 Å². The van der Waals surface area contributed by atoms with Gasteiger partial charge in [-0.15, -0.1) is 0 Å². The second-order valence-corrected chi connectivity index (χ2v) is 5.07. The summed E-state index contributed by atoms with van der Waals surface area (Å²) in [5.74, 6) is -0.947. The SMILES string of the molecule is COC(=O)c1ccccc1/C=N\NC(=O)Cc1cc(=O)[nH]c(=S)[nH]1. The summed E-state index contributed by atoms with van der Waals surface area (Å²) in [4.78, 5) is 39.8. The lowest BCUT2D eigenvalue weighted by atomic mass is 10.1. The number of nitrogens with one attached hydrogen (secondary N) is 3. The summed E-state index contributed by atoms with van der Waals surface area (Å²) < 4.78 is 4.81. The Kier molecular flexibility index (Phi) is 5.74. The molecule has 24 heavy (non-hydrogen) atoms. The number of amides is 1. The van der Waals surface area contributed by atoms with Gasteiger partial charge in [0.05, 0.1) is 25.3 Å². The molecule has 1 amide bonds. The third-order valence-electron chi connectivity index (χ3n) is 2.93. The van der Waals surface area contributed by atoms with Gasteiger partial charge in [0.15, 0.2) is 4.77 Å². The quantitative estimate of drug-likeness (QED) is 0.322. The second-order valence-electron chi connectivity index (χ2n) is 4.66. The number of benzene rings is 1. The summed E-state index contributed by atoms with van der Waals surface area (Å²) in [5, 5.41) is 3.80. The van der Waals surface area contributed by atoms with Crippen LogP contribution in [0.1, 0.15) is 21.6 Å². The van der Waals surface area contributed by atoms with Crippen LogP contribution < -0.4 is 11.0 Å². The zero-order valence-corrected chi connectivity index (χ0v) is 13.5. The zero-order valence-electron chi connectivity index (χ0n) is 12.7. The predicted octanol–water partition coefficient (Wildman–Crippen LogP) is 0.912. The first-order valence-electron chi connectivity index (χ1n) is 6.81. The van der Waals surface area contributed by atoms with Crippen molar-refractivity contribution >= 4 is 30.3 Å². The van der Waals surface area contributed by atoms with Gasteiger partial charge in [0.1, 0.15) is 0 Å². The molecule has 0 unspecified atom stereocenters. The summed E-state index contributed by atoms with van der Waals surface area (Å²) in [5.41, 5.74) is 3.12.